The molecule has 1 saturated heterocycles. The standard InChI is InChI=1S/C15H19ClN2O3/c16-13-3-1-2-12(8-13)9-17-15(21)18-7-6-11(10-18)4-5-14(19)20/h1-3,8,11H,4-7,9-10H2,(H,17,21)(H,19,20). The fourth-order valence-corrected chi connectivity index (χ4v) is 2.73. The highest BCUT2D eigenvalue weighted by molar-refractivity contribution is 6.30. The zero-order chi connectivity index (χ0) is 15.2. The Labute approximate surface area is 128 Å². The van der Waals surface area contributed by atoms with Crippen LogP contribution in [0.2, 0.25) is 5.02 Å². The topological polar surface area (TPSA) is 69.6 Å². The Balaban J connectivity index is 1.75. The number of rotatable bonds is 5. The Hall–Kier alpha value is -1.75. The number of carboxylic acid groups (broad SMARTS) is 1. The minimum absolute atomic E-state index is 0.104. The Morgan fingerprint density at radius 3 is 2.95 bits per heavy atom. The third-order valence-electron chi connectivity index (χ3n) is 3.67. The van der Waals surface area contributed by atoms with Crippen LogP contribution in [0.15, 0.2) is 24.3 Å². The number of hydrogen-bond donors (Lipinski definition) is 2. The van der Waals surface area contributed by atoms with Gasteiger partial charge in [-0.2, -0.15) is 0 Å². The van der Waals surface area contributed by atoms with E-state index in [1.54, 1.807) is 11.0 Å². The van der Waals surface area contributed by atoms with Crippen molar-refractivity contribution in [1.29, 1.82) is 0 Å². The van der Waals surface area contributed by atoms with Gasteiger partial charge in [-0.05, 0) is 36.5 Å². The fraction of sp³-hybridized carbons (Fsp3) is 0.467. The van der Waals surface area contributed by atoms with E-state index in [0.717, 1.165) is 12.0 Å². The van der Waals surface area contributed by atoms with Gasteiger partial charge < -0.3 is 15.3 Å². The predicted octanol–water partition coefficient (Wildman–Crippen LogP) is 2.74. The largest absolute Gasteiger partial charge is 0.481 e. The highest BCUT2D eigenvalue weighted by Crippen LogP contribution is 2.21. The number of benzene rings is 1. The molecule has 1 aliphatic heterocycles. The van der Waals surface area contributed by atoms with Crippen molar-refractivity contribution in [3.05, 3.63) is 34.9 Å². The summed E-state index contributed by atoms with van der Waals surface area (Å²) in [5.41, 5.74) is 0.956. The number of aliphatic carboxylic acids is 1. The van der Waals surface area contributed by atoms with E-state index in [1.165, 1.54) is 0 Å². The van der Waals surface area contributed by atoms with E-state index in [4.69, 9.17) is 16.7 Å². The zero-order valence-electron chi connectivity index (χ0n) is 11.7. The van der Waals surface area contributed by atoms with Crippen molar-refractivity contribution in [1.82, 2.24) is 10.2 Å². The van der Waals surface area contributed by atoms with Crippen molar-refractivity contribution < 1.29 is 14.7 Å². The quantitative estimate of drug-likeness (QED) is 0.878. The van der Waals surface area contributed by atoms with E-state index < -0.39 is 5.97 Å². The molecular formula is C15H19ClN2O3. The number of likely N-dealkylation sites (tertiary alicyclic amines) is 1. The highest BCUT2D eigenvalue weighted by atomic mass is 35.5. The second-order valence-corrected chi connectivity index (χ2v) is 5.76. The molecule has 1 heterocycles. The smallest absolute Gasteiger partial charge is 0.317 e. The van der Waals surface area contributed by atoms with Crippen molar-refractivity contribution in [2.75, 3.05) is 13.1 Å². The van der Waals surface area contributed by atoms with Crippen LogP contribution in [0.25, 0.3) is 0 Å². The molecule has 6 heteroatoms. The number of nitrogens with zero attached hydrogens (tertiary/aromatic N) is 1. The second kappa shape index (κ2) is 7.31. The van der Waals surface area contributed by atoms with Crippen LogP contribution in [0.4, 0.5) is 4.79 Å². The number of carbonyl (C=O) groups excluding carboxylic acids is 1. The fourth-order valence-electron chi connectivity index (χ4n) is 2.52. The molecule has 0 radical (unpaired) electrons. The van der Waals surface area contributed by atoms with Gasteiger partial charge in [0.1, 0.15) is 0 Å². The summed E-state index contributed by atoms with van der Waals surface area (Å²) in [5, 5.41) is 12.2. The van der Waals surface area contributed by atoms with Crippen molar-refractivity contribution in [3.8, 4) is 0 Å². The molecule has 0 spiro atoms. The maximum atomic E-state index is 12.1. The van der Waals surface area contributed by atoms with Crippen LogP contribution in [0.5, 0.6) is 0 Å². The molecule has 0 aliphatic carbocycles. The first-order valence-corrected chi connectivity index (χ1v) is 7.41. The summed E-state index contributed by atoms with van der Waals surface area (Å²) in [4.78, 5) is 24.4. The number of amides is 2. The van der Waals surface area contributed by atoms with Crippen molar-refractivity contribution >= 4 is 23.6 Å². The first-order valence-electron chi connectivity index (χ1n) is 7.03. The van der Waals surface area contributed by atoms with Gasteiger partial charge in [-0.25, -0.2) is 4.79 Å². The average molecular weight is 311 g/mol. The Morgan fingerprint density at radius 2 is 2.24 bits per heavy atom. The van der Waals surface area contributed by atoms with Gasteiger partial charge in [0.25, 0.3) is 0 Å². The zero-order valence-corrected chi connectivity index (χ0v) is 12.5. The molecule has 1 atom stereocenters. The van der Waals surface area contributed by atoms with Crippen LogP contribution in [0, 0.1) is 5.92 Å². The van der Waals surface area contributed by atoms with Crippen molar-refractivity contribution in [2.24, 2.45) is 5.92 Å². The maximum absolute atomic E-state index is 12.1. The van der Waals surface area contributed by atoms with Gasteiger partial charge in [0.2, 0.25) is 0 Å². The van der Waals surface area contributed by atoms with Crippen LogP contribution < -0.4 is 5.32 Å². The van der Waals surface area contributed by atoms with Gasteiger partial charge in [0.15, 0.2) is 0 Å². The molecule has 2 N–H and O–H groups in total. The Morgan fingerprint density at radius 1 is 1.43 bits per heavy atom. The molecule has 1 aromatic rings. The molecule has 2 rings (SSSR count). The molecule has 1 unspecified atom stereocenters. The number of carbonyl (C=O) groups is 2. The normalized spacial score (nSPS) is 17.8. The second-order valence-electron chi connectivity index (χ2n) is 5.32. The number of carboxylic acids is 1. The molecule has 21 heavy (non-hydrogen) atoms. The van der Waals surface area contributed by atoms with Crippen LogP contribution in [-0.2, 0) is 11.3 Å². The van der Waals surface area contributed by atoms with E-state index in [2.05, 4.69) is 5.32 Å². The molecule has 1 aliphatic rings. The monoisotopic (exact) mass is 310 g/mol. The number of nitrogens with one attached hydrogen (secondary N) is 1. The summed E-state index contributed by atoms with van der Waals surface area (Å²) in [7, 11) is 0. The number of hydrogen-bond acceptors (Lipinski definition) is 2. The lowest BCUT2D eigenvalue weighted by atomic mass is 10.0. The molecule has 5 nitrogen and oxygen atoms in total. The SMILES string of the molecule is O=C(O)CCC1CCN(C(=O)NCc2cccc(Cl)c2)C1. The minimum Gasteiger partial charge on any atom is -0.481 e. The summed E-state index contributed by atoms with van der Waals surface area (Å²) >= 11 is 5.90. The number of urea groups is 1. The molecule has 2 amide bonds. The van der Waals surface area contributed by atoms with Crippen LogP contribution in [-0.4, -0.2) is 35.1 Å². The molecular weight excluding hydrogens is 292 g/mol. The van der Waals surface area contributed by atoms with E-state index in [-0.39, 0.29) is 18.4 Å². The molecule has 0 bridgehead atoms. The highest BCUT2D eigenvalue weighted by Gasteiger charge is 2.26. The van der Waals surface area contributed by atoms with Gasteiger partial charge >= 0.3 is 12.0 Å². The molecule has 0 aromatic heterocycles. The lowest BCUT2D eigenvalue weighted by molar-refractivity contribution is -0.137. The summed E-state index contributed by atoms with van der Waals surface area (Å²) < 4.78 is 0. The van der Waals surface area contributed by atoms with Crippen LogP contribution in [0.3, 0.4) is 0 Å². The van der Waals surface area contributed by atoms with Gasteiger partial charge in [0, 0.05) is 31.1 Å². The molecule has 114 valence electrons. The third kappa shape index (κ3) is 4.93. The van der Waals surface area contributed by atoms with Gasteiger partial charge in [0.05, 0.1) is 0 Å². The van der Waals surface area contributed by atoms with E-state index >= 15 is 0 Å². The van der Waals surface area contributed by atoms with Gasteiger partial charge in [-0.3, -0.25) is 4.79 Å². The molecule has 0 saturated carbocycles. The Kier molecular flexibility index (Phi) is 5.44. The minimum atomic E-state index is -0.779. The van der Waals surface area contributed by atoms with Crippen LogP contribution >= 0.6 is 11.6 Å². The molecule has 1 aromatic carbocycles. The van der Waals surface area contributed by atoms with Crippen molar-refractivity contribution in [3.63, 3.8) is 0 Å². The van der Waals surface area contributed by atoms with Crippen molar-refractivity contribution in [2.45, 2.75) is 25.8 Å². The van der Waals surface area contributed by atoms with E-state index in [0.29, 0.717) is 31.1 Å². The van der Waals surface area contributed by atoms with E-state index in [9.17, 15) is 9.59 Å². The summed E-state index contributed by atoms with van der Waals surface area (Å²) in [5.74, 6) is -0.489. The summed E-state index contributed by atoms with van der Waals surface area (Å²) in [6.07, 6.45) is 1.67. The first kappa shape index (κ1) is 15.6. The van der Waals surface area contributed by atoms with Crippen LogP contribution in [0.1, 0.15) is 24.8 Å². The maximum Gasteiger partial charge on any atom is 0.317 e. The van der Waals surface area contributed by atoms with Gasteiger partial charge in [-0.15, -0.1) is 0 Å². The van der Waals surface area contributed by atoms with Gasteiger partial charge in [-0.1, -0.05) is 23.7 Å². The first-order chi connectivity index (χ1) is 10.0. The lowest BCUT2D eigenvalue weighted by Crippen LogP contribution is -2.38. The van der Waals surface area contributed by atoms with E-state index in [1.807, 2.05) is 18.2 Å². The lowest BCUT2D eigenvalue weighted by Gasteiger charge is -2.17. The number of halogens is 1. The molecule has 1 fully saturated rings. The average Bonchev–Trinajstić information content (AvgIpc) is 2.91. The Bertz CT molecular complexity index is 521. The summed E-state index contributed by atoms with van der Waals surface area (Å²) in [6, 6.07) is 7.27. The summed E-state index contributed by atoms with van der Waals surface area (Å²) in [6.45, 7) is 1.76. The third-order valence-corrected chi connectivity index (χ3v) is 3.91. The predicted molar refractivity (Wildman–Crippen MR) is 80.2 cm³/mol.